The van der Waals surface area contributed by atoms with Gasteiger partial charge in [0.2, 0.25) is 0 Å². The second-order valence-corrected chi connectivity index (χ2v) is 4.84. The van der Waals surface area contributed by atoms with Crippen LogP contribution in [0.5, 0.6) is 0 Å². The molecule has 0 amide bonds. The minimum absolute atomic E-state index is 0.387. The number of benzene rings is 1. The van der Waals surface area contributed by atoms with Crippen molar-refractivity contribution >= 4 is 17.3 Å². The van der Waals surface area contributed by atoms with Crippen molar-refractivity contribution in [3.63, 3.8) is 0 Å². The van der Waals surface area contributed by atoms with Crippen molar-refractivity contribution in [3.05, 3.63) is 23.2 Å². The molecule has 1 saturated carbocycles. The summed E-state index contributed by atoms with van der Waals surface area (Å²) in [5.41, 5.74) is 7.28. The van der Waals surface area contributed by atoms with Gasteiger partial charge >= 0.3 is 0 Å². The molecule has 1 aliphatic carbocycles. The second kappa shape index (κ2) is 3.70. The Hall–Kier alpha value is -1.62. The quantitative estimate of drug-likeness (QED) is 0.828. The fraction of sp³-hybridized carbons (Fsp3) is 0.364. The minimum atomic E-state index is 0.387. The molecule has 88 valence electrons. The van der Waals surface area contributed by atoms with Crippen molar-refractivity contribution in [1.82, 2.24) is 20.2 Å². The smallest absolute Gasteiger partial charge is 0.184 e. The highest BCUT2D eigenvalue weighted by Gasteiger charge is 2.37. The Morgan fingerprint density at radius 1 is 1.47 bits per heavy atom. The molecule has 0 spiro atoms. The molecule has 1 heterocycles. The maximum Gasteiger partial charge on any atom is 0.184 e. The zero-order valence-corrected chi connectivity index (χ0v) is 10.1. The molecule has 17 heavy (non-hydrogen) atoms. The van der Waals surface area contributed by atoms with Crippen LogP contribution >= 0.6 is 11.6 Å². The highest BCUT2D eigenvalue weighted by atomic mass is 35.5. The Morgan fingerprint density at radius 2 is 2.24 bits per heavy atom. The van der Waals surface area contributed by atoms with Gasteiger partial charge in [0, 0.05) is 5.56 Å². The lowest BCUT2D eigenvalue weighted by molar-refractivity contribution is 0.584. The molecule has 0 aliphatic heterocycles. The van der Waals surface area contributed by atoms with Crippen LogP contribution in [0.4, 0.5) is 5.69 Å². The molecule has 1 aliphatic rings. The molecule has 0 saturated heterocycles. The second-order valence-electron chi connectivity index (χ2n) is 4.43. The number of tetrazole rings is 1. The van der Waals surface area contributed by atoms with Crippen LogP contribution in [0.25, 0.3) is 11.4 Å². The Kier molecular flexibility index (Phi) is 2.29. The molecule has 2 aromatic rings. The van der Waals surface area contributed by atoms with Gasteiger partial charge < -0.3 is 5.73 Å². The number of halogens is 1. The molecular weight excluding hydrogens is 238 g/mol. The summed E-state index contributed by atoms with van der Waals surface area (Å²) >= 11 is 6.00. The fourth-order valence-corrected chi connectivity index (χ4v) is 2.14. The number of anilines is 1. The van der Waals surface area contributed by atoms with Crippen LogP contribution in [-0.2, 0) is 0 Å². The van der Waals surface area contributed by atoms with Gasteiger partial charge in [0.15, 0.2) is 5.82 Å². The van der Waals surface area contributed by atoms with E-state index in [1.165, 1.54) is 0 Å². The van der Waals surface area contributed by atoms with Crippen molar-refractivity contribution in [2.75, 3.05) is 5.73 Å². The van der Waals surface area contributed by atoms with Crippen molar-refractivity contribution in [2.24, 2.45) is 5.92 Å². The predicted molar refractivity (Wildman–Crippen MR) is 65.5 cm³/mol. The molecule has 3 rings (SSSR count). The van der Waals surface area contributed by atoms with E-state index in [4.69, 9.17) is 17.3 Å². The van der Waals surface area contributed by atoms with Gasteiger partial charge in [-0.2, -0.15) is 0 Å². The number of nitrogen functional groups attached to an aromatic ring is 1. The van der Waals surface area contributed by atoms with E-state index in [9.17, 15) is 0 Å². The van der Waals surface area contributed by atoms with Crippen LogP contribution < -0.4 is 5.73 Å². The van der Waals surface area contributed by atoms with E-state index >= 15 is 0 Å². The molecule has 0 bridgehead atoms. The molecule has 2 N–H and O–H groups in total. The molecule has 2 atom stereocenters. The SMILES string of the molecule is CC1CC1n1nnnc1-c1cccc(Cl)c1N. The van der Waals surface area contributed by atoms with Crippen LogP contribution in [0, 0.1) is 5.92 Å². The molecule has 5 nitrogen and oxygen atoms in total. The normalized spacial score (nSPS) is 22.7. The Bertz CT molecular complexity index is 565. The third-order valence-corrected chi connectivity index (χ3v) is 3.50. The summed E-state index contributed by atoms with van der Waals surface area (Å²) < 4.78 is 1.84. The molecule has 1 aromatic carbocycles. The minimum Gasteiger partial charge on any atom is -0.397 e. The van der Waals surface area contributed by atoms with E-state index in [1.54, 1.807) is 6.07 Å². The number of para-hydroxylation sites is 1. The molecule has 2 unspecified atom stereocenters. The number of rotatable bonds is 2. The van der Waals surface area contributed by atoms with Crippen molar-refractivity contribution in [2.45, 2.75) is 19.4 Å². The average molecular weight is 250 g/mol. The van der Waals surface area contributed by atoms with E-state index in [1.807, 2.05) is 16.8 Å². The van der Waals surface area contributed by atoms with E-state index in [0.29, 0.717) is 28.5 Å². The van der Waals surface area contributed by atoms with E-state index in [2.05, 4.69) is 22.4 Å². The van der Waals surface area contributed by atoms with Gasteiger partial charge in [-0.3, -0.25) is 0 Å². The number of hydrogen-bond donors (Lipinski definition) is 1. The monoisotopic (exact) mass is 249 g/mol. The van der Waals surface area contributed by atoms with Gasteiger partial charge in [-0.15, -0.1) is 5.10 Å². The predicted octanol–water partition coefficient (Wildman–Crippen LogP) is 2.16. The van der Waals surface area contributed by atoms with E-state index in [0.717, 1.165) is 12.0 Å². The highest BCUT2D eigenvalue weighted by molar-refractivity contribution is 6.33. The maximum atomic E-state index is 6.00. The van der Waals surface area contributed by atoms with Crippen LogP contribution in [0.1, 0.15) is 19.4 Å². The lowest BCUT2D eigenvalue weighted by atomic mass is 10.1. The third-order valence-electron chi connectivity index (χ3n) is 3.17. The number of nitrogens with zero attached hydrogens (tertiary/aromatic N) is 4. The molecular formula is C11H12ClN5. The first-order valence-corrected chi connectivity index (χ1v) is 5.88. The zero-order chi connectivity index (χ0) is 12.0. The summed E-state index contributed by atoms with van der Waals surface area (Å²) in [6.45, 7) is 2.18. The van der Waals surface area contributed by atoms with Gasteiger partial charge in [-0.1, -0.05) is 24.6 Å². The Balaban J connectivity index is 2.10. The fourth-order valence-electron chi connectivity index (χ4n) is 1.97. The highest BCUT2D eigenvalue weighted by Crippen LogP contribution is 2.44. The summed E-state index contributed by atoms with van der Waals surface area (Å²) in [6.07, 6.45) is 1.11. The zero-order valence-electron chi connectivity index (χ0n) is 9.34. The summed E-state index contributed by atoms with van der Waals surface area (Å²) in [7, 11) is 0. The summed E-state index contributed by atoms with van der Waals surface area (Å²) in [4.78, 5) is 0. The van der Waals surface area contributed by atoms with Crippen molar-refractivity contribution in [3.8, 4) is 11.4 Å². The molecule has 1 fully saturated rings. The van der Waals surface area contributed by atoms with E-state index < -0.39 is 0 Å². The van der Waals surface area contributed by atoms with Gasteiger partial charge in [-0.25, -0.2) is 4.68 Å². The van der Waals surface area contributed by atoms with E-state index in [-0.39, 0.29) is 0 Å². The summed E-state index contributed by atoms with van der Waals surface area (Å²) in [6, 6.07) is 5.88. The first kappa shape index (κ1) is 10.5. The lowest BCUT2D eigenvalue weighted by Gasteiger charge is -2.07. The van der Waals surface area contributed by atoms with Gasteiger partial charge in [-0.05, 0) is 34.9 Å². The van der Waals surface area contributed by atoms with Crippen LogP contribution in [0.2, 0.25) is 5.02 Å². The summed E-state index contributed by atoms with van der Waals surface area (Å²) in [5, 5.41) is 12.3. The van der Waals surface area contributed by atoms with Crippen molar-refractivity contribution < 1.29 is 0 Å². The lowest BCUT2D eigenvalue weighted by Crippen LogP contribution is -2.03. The average Bonchev–Trinajstić information content (AvgIpc) is 2.86. The molecule has 0 radical (unpaired) electrons. The number of hydrogen-bond acceptors (Lipinski definition) is 4. The third kappa shape index (κ3) is 1.67. The van der Waals surface area contributed by atoms with Crippen LogP contribution in [0.3, 0.4) is 0 Å². The molecule has 1 aromatic heterocycles. The first-order chi connectivity index (χ1) is 8.18. The van der Waals surface area contributed by atoms with Crippen LogP contribution in [0.15, 0.2) is 18.2 Å². The topological polar surface area (TPSA) is 69.6 Å². The standard InChI is InChI=1S/C11H12ClN5/c1-6-5-9(6)17-11(14-15-16-17)7-3-2-4-8(12)10(7)13/h2-4,6,9H,5,13H2,1H3. The Morgan fingerprint density at radius 3 is 2.94 bits per heavy atom. The van der Waals surface area contributed by atoms with Crippen LogP contribution in [-0.4, -0.2) is 20.2 Å². The van der Waals surface area contributed by atoms with Gasteiger partial charge in [0.05, 0.1) is 16.8 Å². The molecule has 6 heteroatoms. The largest absolute Gasteiger partial charge is 0.397 e. The van der Waals surface area contributed by atoms with Gasteiger partial charge in [0.1, 0.15) is 0 Å². The first-order valence-electron chi connectivity index (χ1n) is 5.50. The Labute approximate surface area is 104 Å². The maximum absolute atomic E-state index is 6.00. The number of aromatic nitrogens is 4. The number of nitrogens with two attached hydrogens (primary N) is 1. The van der Waals surface area contributed by atoms with Crippen molar-refractivity contribution in [1.29, 1.82) is 0 Å². The summed E-state index contributed by atoms with van der Waals surface area (Å²) in [5.74, 6) is 1.32. The van der Waals surface area contributed by atoms with Gasteiger partial charge in [0.25, 0.3) is 0 Å².